The third-order valence-corrected chi connectivity index (χ3v) is 6.17. The number of ether oxygens (including phenoxy) is 1. The number of aliphatic imine (C=N–C) groups is 1. The Morgan fingerprint density at radius 2 is 2.03 bits per heavy atom. The Morgan fingerprint density at radius 3 is 2.72 bits per heavy atom. The summed E-state index contributed by atoms with van der Waals surface area (Å²) < 4.78 is 5.27. The van der Waals surface area contributed by atoms with Crippen LogP contribution in [0.4, 0.5) is 11.4 Å². The molecule has 152 valence electrons. The van der Waals surface area contributed by atoms with E-state index in [9.17, 15) is 9.59 Å². The molecule has 0 aromatic heterocycles. The predicted molar refractivity (Wildman–Crippen MR) is 119 cm³/mol. The second-order valence-corrected chi connectivity index (χ2v) is 8.12. The first-order valence-corrected chi connectivity index (χ1v) is 10.5. The zero-order chi connectivity index (χ0) is 21.0. The Kier molecular flexibility index (Phi) is 7.05. The lowest BCUT2D eigenvalue weighted by atomic mass is 10.2. The number of carbonyl (C=O) groups excluding carboxylic acids is 2. The zero-order valence-electron chi connectivity index (χ0n) is 15.8. The van der Waals surface area contributed by atoms with Gasteiger partial charge in [0, 0.05) is 13.0 Å². The number of amides is 2. The smallest absolute Gasteiger partial charge is 0.238 e. The van der Waals surface area contributed by atoms with Crippen LogP contribution in [-0.4, -0.2) is 40.8 Å². The molecule has 2 amide bonds. The van der Waals surface area contributed by atoms with E-state index < -0.39 is 5.25 Å². The topological polar surface area (TPSA) is 71.0 Å². The van der Waals surface area contributed by atoms with Crippen molar-refractivity contribution in [2.45, 2.75) is 18.6 Å². The van der Waals surface area contributed by atoms with Crippen molar-refractivity contribution in [3.63, 3.8) is 0 Å². The SMILES string of the molecule is CCN1C(=O)CC(C(=O)Nc2ccccc2OC)SC1=Nc1ccc(Cl)c(Cl)c1. The number of hydrogen-bond acceptors (Lipinski definition) is 5. The lowest BCUT2D eigenvalue weighted by Gasteiger charge is -2.31. The molecule has 1 heterocycles. The fraction of sp³-hybridized carbons (Fsp3) is 0.250. The van der Waals surface area contributed by atoms with E-state index in [0.717, 1.165) is 0 Å². The maximum absolute atomic E-state index is 12.8. The molecule has 1 fully saturated rings. The number of halogens is 2. The van der Waals surface area contributed by atoms with Crippen LogP contribution in [0.25, 0.3) is 0 Å². The van der Waals surface area contributed by atoms with E-state index in [-0.39, 0.29) is 18.2 Å². The van der Waals surface area contributed by atoms with Gasteiger partial charge in [0.15, 0.2) is 5.17 Å². The highest BCUT2D eigenvalue weighted by molar-refractivity contribution is 8.15. The summed E-state index contributed by atoms with van der Waals surface area (Å²) in [6.07, 6.45) is 0.0832. The highest BCUT2D eigenvalue weighted by Crippen LogP contribution is 2.33. The van der Waals surface area contributed by atoms with Gasteiger partial charge in [-0.05, 0) is 37.3 Å². The largest absolute Gasteiger partial charge is 0.495 e. The summed E-state index contributed by atoms with van der Waals surface area (Å²) in [5.41, 5.74) is 1.10. The molecule has 9 heteroatoms. The molecular weight excluding hydrogens is 433 g/mol. The molecule has 6 nitrogen and oxygen atoms in total. The van der Waals surface area contributed by atoms with Crippen LogP contribution < -0.4 is 10.1 Å². The van der Waals surface area contributed by atoms with Gasteiger partial charge in [-0.1, -0.05) is 47.1 Å². The van der Waals surface area contributed by atoms with Crippen LogP contribution >= 0.6 is 35.0 Å². The zero-order valence-corrected chi connectivity index (χ0v) is 18.1. The van der Waals surface area contributed by atoms with Crippen LogP contribution in [0.2, 0.25) is 10.0 Å². The third-order valence-electron chi connectivity index (χ3n) is 4.24. The summed E-state index contributed by atoms with van der Waals surface area (Å²) in [4.78, 5) is 31.5. The molecule has 1 atom stereocenters. The van der Waals surface area contributed by atoms with E-state index in [1.54, 1.807) is 41.3 Å². The number of rotatable bonds is 5. The van der Waals surface area contributed by atoms with Gasteiger partial charge in [-0.15, -0.1) is 0 Å². The van der Waals surface area contributed by atoms with Crippen LogP contribution in [0.5, 0.6) is 5.75 Å². The number of methoxy groups -OCH3 is 1. The number of nitrogens with one attached hydrogen (secondary N) is 1. The first kappa shape index (κ1) is 21.5. The Morgan fingerprint density at radius 1 is 1.28 bits per heavy atom. The van der Waals surface area contributed by atoms with E-state index >= 15 is 0 Å². The molecule has 1 saturated heterocycles. The maximum Gasteiger partial charge on any atom is 0.238 e. The third kappa shape index (κ3) is 5.04. The molecule has 2 aromatic carbocycles. The van der Waals surface area contributed by atoms with Crippen molar-refractivity contribution in [1.82, 2.24) is 4.90 Å². The predicted octanol–water partition coefficient (Wildman–Crippen LogP) is 4.98. The minimum absolute atomic E-state index is 0.0832. The minimum atomic E-state index is -0.614. The molecule has 0 radical (unpaired) electrons. The van der Waals surface area contributed by atoms with Crippen LogP contribution in [0.15, 0.2) is 47.5 Å². The van der Waals surface area contributed by atoms with Crippen LogP contribution in [0.3, 0.4) is 0 Å². The van der Waals surface area contributed by atoms with Gasteiger partial charge in [0.2, 0.25) is 11.8 Å². The fourth-order valence-corrected chi connectivity index (χ4v) is 4.23. The molecule has 1 aliphatic heterocycles. The summed E-state index contributed by atoms with van der Waals surface area (Å²) in [6, 6.07) is 12.1. The summed E-state index contributed by atoms with van der Waals surface area (Å²) in [6.45, 7) is 2.31. The van der Waals surface area contributed by atoms with Crippen molar-refractivity contribution in [2.24, 2.45) is 4.99 Å². The molecule has 1 N–H and O–H groups in total. The van der Waals surface area contributed by atoms with Crippen molar-refractivity contribution in [3.05, 3.63) is 52.5 Å². The van der Waals surface area contributed by atoms with E-state index in [1.807, 2.05) is 13.0 Å². The van der Waals surface area contributed by atoms with Crippen molar-refractivity contribution in [3.8, 4) is 5.75 Å². The van der Waals surface area contributed by atoms with Gasteiger partial charge in [-0.3, -0.25) is 14.5 Å². The molecule has 2 aromatic rings. The molecule has 0 aliphatic carbocycles. The summed E-state index contributed by atoms with van der Waals surface area (Å²) >= 11 is 13.3. The number of amidine groups is 1. The number of nitrogens with zero attached hydrogens (tertiary/aromatic N) is 2. The van der Waals surface area contributed by atoms with Gasteiger partial charge in [-0.2, -0.15) is 0 Å². The van der Waals surface area contributed by atoms with Gasteiger partial charge in [0.25, 0.3) is 0 Å². The monoisotopic (exact) mass is 451 g/mol. The number of para-hydroxylation sites is 2. The lowest BCUT2D eigenvalue weighted by Crippen LogP contribution is -2.45. The highest BCUT2D eigenvalue weighted by Gasteiger charge is 2.35. The van der Waals surface area contributed by atoms with Gasteiger partial charge >= 0.3 is 0 Å². The number of carbonyl (C=O) groups is 2. The Balaban J connectivity index is 1.84. The first-order valence-electron chi connectivity index (χ1n) is 8.87. The van der Waals surface area contributed by atoms with Crippen LogP contribution in [0.1, 0.15) is 13.3 Å². The number of hydrogen-bond donors (Lipinski definition) is 1. The normalized spacial score (nSPS) is 18.1. The highest BCUT2D eigenvalue weighted by atomic mass is 35.5. The summed E-state index contributed by atoms with van der Waals surface area (Å²) in [7, 11) is 1.53. The van der Waals surface area contributed by atoms with Crippen LogP contribution in [0, 0.1) is 0 Å². The van der Waals surface area contributed by atoms with Gasteiger partial charge < -0.3 is 10.1 Å². The van der Waals surface area contributed by atoms with Gasteiger partial charge in [-0.25, -0.2) is 4.99 Å². The molecule has 3 rings (SSSR count). The molecule has 1 unspecified atom stereocenters. The van der Waals surface area contributed by atoms with Crippen molar-refractivity contribution < 1.29 is 14.3 Å². The van der Waals surface area contributed by atoms with Crippen molar-refractivity contribution >= 4 is 63.3 Å². The van der Waals surface area contributed by atoms with Gasteiger partial charge in [0.05, 0.1) is 28.5 Å². The second-order valence-electron chi connectivity index (χ2n) is 6.13. The van der Waals surface area contributed by atoms with E-state index in [4.69, 9.17) is 27.9 Å². The lowest BCUT2D eigenvalue weighted by molar-refractivity contribution is -0.129. The van der Waals surface area contributed by atoms with E-state index in [0.29, 0.717) is 38.9 Å². The number of anilines is 1. The Hall–Kier alpha value is -2.22. The number of thioether (sulfide) groups is 1. The summed E-state index contributed by atoms with van der Waals surface area (Å²) in [5.74, 6) is 0.101. The minimum Gasteiger partial charge on any atom is -0.495 e. The molecule has 0 spiro atoms. The average Bonchev–Trinajstić information content (AvgIpc) is 2.71. The number of benzene rings is 2. The molecular formula is C20H19Cl2N3O3S. The molecule has 0 bridgehead atoms. The van der Waals surface area contributed by atoms with E-state index in [2.05, 4.69) is 10.3 Å². The summed E-state index contributed by atoms with van der Waals surface area (Å²) in [5, 5.41) is 3.46. The average molecular weight is 452 g/mol. The second kappa shape index (κ2) is 9.52. The van der Waals surface area contributed by atoms with Crippen molar-refractivity contribution in [1.29, 1.82) is 0 Å². The first-order chi connectivity index (χ1) is 13.9. The van der Waals surface area contributed by atoms with Gasteiger partial charge in [0.1, 0.15) is 11.0 Å². The Bertz CT molecular complexity index is 968. The molecule has 1 aliphatic rings. The van der Waals surface area contributed by atoms with Crippen LogP contribution in [-0.2, 0) is 9.59 Å². The quantitative estimate of drug-likeness (QED) is 0.695. The standard InChI is InChI=1S/C20H19Cl2N3O3S/c1-3-25-18(26)11-17(19(27)24-15-6-4-5-7-16(15)28-2)29-20(25)23-12-8-9-13(21)14(22)10-12/h4-10,17H,3,11H2,1-2H3,(H,24,27). The Labute approximate surface area is 183 Å². The van der Waals surface area contributed by atoms with Crippen molar-refractivity contribution in [2.75, 3.05) is 19.0 Å². The van der Waals surface area contributed by atoms with E-state index in [1.165, 1.54) is 18.9 Å². The maximum atomic E-state index is 12.8. The fourth-order valence-electron chi connectivity index (χ4n) is 2.78. The molecule has 0 saturated carbocycles. The molecule has 29 heavy (non-hydrogen) atoms.